The molecule has 0 aromatic heterocycles. The Balaban J connectivity index is 2.38. The monoisotopic (exact) mass is 156 g/mol. The lowest BCUT2D eigenvalue weighted by atomic mass is 10.1. The molecule has 0 aliphatic carbocycles. The quantitative estimate of drug-likeness (QED) is 0.589. The van der Waals surface area contributed by atoms with E-state index in [1.807, 2.05) is 11.9 Å². The fraction of sp³-hybridized carbons (Fsp3) is 0.875. The van der Waals surface area contributed by atoms with Gasteiger partial charge in [-0.2, -0.15) is 0 Å². The minimum atomic E-state index is 0.165. The van der Waals surface area contributed by atoms with Gasteiger partial charge in [0, 0.05) is 26.6 Å². The molecule has 0 radical (unpaired) electrons. The van der Waals surface area contributed by atoms with Gasteiger partial charge in [0.1, 0.15) is 0 Å². The third-order valence-electron chi connectivity index (χ3n) is 2.32. The van der Waals surface area contributed by atoms with Crippen molar-refractivity contribution in [3.05, 3.63) is 0 Å². The van der Waals surface area contributed by atoms with E-state index in [1.165, 1.54) is 6.42 Å². The lowest BCUT2D eigenvalue weighted by Gasteiger charge is -2.30. The van der Waals surface area contributed by atoms with E-state index in [0.717, 1.165) is 19.5 Å². The Morgan fingerprint density at radius 3 is 2.82 bits per heavy atom. The molecule has 1 aliphatic rings. The second-order valence-electron chi connectivity index (χ2n) is 3.13. The molecular formula is C8H16N2O. The highest BCUT2D eigenvalue weighted by Crippen LogP contribution is 2.07. The highest BCUT2D eigenvalue weighted by atomic mass is 16.2. The molecule has 64 valence electrons. The molecule has 0 aromatic rings. The summed E-state index contributed by atoms with van der Waals surface area (Å²) >= 11 is 0. The third kappa shape index (κ3) is 2.19. The number of carbonyl (C=O) groups excluding carboxylic acids is 1. The second kappa shape index (κ2) is 3.72. The molecule has 11 heavy (non-hydrogen) atoms. The maximum Gasteiger partial charge on any atom is 0.219 e. The first-order chi connectivity index (χ1) is 5.22. The summed E-state index contributed by atoms with van der Waals surface area (Å²) in [5.41, 5.74) is 0. The fourth-order valence-electron chi connectivity index (χ4n) is 1.42. The molecule has 1 aliphatic heterocycles. The summed E-state index contributed by atoms with van der Waals surface area (Å²) in [6.45, 7) is 3.67. The summed E-state index contributed by atoms with van der Waals surface area (Å²) in [6, 6.07) is 0.418. The van der Waals surface area contributed by atoms with Gasteiger partial charge in [0.25, 0.3) is 0 Å². The molecule has 1 amide bonds. The zero-order chi connectivity index (χ0) is 8.27. The van der Waals surface area contributed by atoms with Crippen molar-refractivity contribution in [2.75, 3.05) is 20.1 Å². The number of nitrogens with zero attached hydrogens (tertiary/aromatic N) is 1. The predicted octanol–water partition coefficient (Wildman–Crippen LogP) is 0.217. The van der Waals surface area contributed by atoms with Gasteiger partial charge in [-0.05, 0) is 19.4 Å². The first-order valence-corrected chi connectivity index (χ1v) is 4.16. The van der Waals surface area contributed by atoms with Crippen molar-refractivity contribution in [3.8, 4) is 0 Å². The molecule has 0 aromatic carbocycles. The van der Waals surface area contributed by atoms with E-state index in [1.54, 1.807) is 6.92 Å². The Bertz CT molecular complexity index is 141. The number of carbonyl (C=O) groups is 1. The average Bonchev–Trinajstić information content (AvgIpc) is 2.05. The van der Waals surface area contributed by atoms with E-state index in [-0.39, 0.29) is 5.91 Å². The van der Waals surface area contributed by atoms with Crippen molar-refractivity contribution in [3.63, 3.8) is 0 Å². The second-order valence-corrected chi connectivity index (χ2v) is 3.13. The van der Waals surface area contributed by atoms with E-state index in [0.29, 0.717) is 6.04 Å². The molecule has 3 heteroatoms. The number of rotatable bonds is 1. The smallest absolute Gasteiger partial charge is 0.219 e. The maximum absolute atomic E-state index is 10.9. The number of amides is 1. The van der Waals surface area contributed by atoms with Crippen LogP contribution in [0, 0.1) is 0 Å². The van der Waals surface area contributed by atoms with E-state index in [9.17, 15) is 4.79 Å². The van der Waals surface area contributed by atoms with E-state index in [4.69, 9.17) is 0 Å². The maximum atomic E-state index is 10.9. The Labute approximate surface area is 67.8 Å². The SMILES string of the molecule is CC(=O)N(C)[C@H]1CCCNC1. The van der Waals surface area contributed by atoms with Crippen LogP contribution < -0.4 is 5.32 Å². The van der Waals surface area contributed by atoms with E-state index >= 15 is 0 Å². The van der Waals surface area contributed by atoms with Crippen molar-refractivity contribution in [1.29, 1.82) is 0 Å². The zero-order valence-electron chi connectivity index (χ0n) is 7.26. The van der Waals surface area contributed by atoms with Gasteiger partial charge in [-0.15, -0.1) is 0 Å². The van der Waals surface area contributed by atoms with Crippen LogP contribution in [0.15, 0.2) is 0 Å². The summed E-state index contributed by atoms with van der Waals surface area (Å²) in [4.78, 5) is 12.8. The van der Waals surface area contributed by atoms with Gasteiger partial charge in [-0.1, -0.05) is 0 Å². The van der Waals surface area contributed by atoms with Gasteiger partial charge in [-0.25, -0.2) is 0 Å². The van der Waals surface area contributed by atoms with E-state index < -0.39 is 0 Å². The van der Waals surface area contributed by atoms with E-state index in [2.05, 4.69) is 5.32 Å². The highest BCUT2D eigenvalue weighted by molar-refractivity contribution is 5.73. The fourth-order valence-corrected chi connectivity index (χ4v) is 1.42. The summed E-state index contributed by atoms with van der Waals surface area (Å²) in [7, 11) is 1.88. The Morgan fingerprint density at radius 1 is 1.64 bits per heavy atom. The Kier molecular flexibility index (Phi) is 2.88. The summed E-state index contributed by atoms with van der Waals surface area (Å²) < 4.78 is 0. The summed E-state index contributed by atoms with van der Waals surface area (Å²) in [6.07, 6.45) is 2.32. The number of hydrogen-bond acceptors (Lipinski definition) is 2. The van der Waals surface area contributed by atoms with Crippen LogP contribution in [0.3, 0.4) is 0 Å². The van der Waals surface area contributed by atoms with Crippen molar-refractivity contribution >= 4 is 5.91 Å². The lowest BCUT2D eigenvalue weighted by molar-refractivity contribution is -0.129. The third-order valence-corrected chi connectivity index (χ3v) is 2.32. The van der Waals surface area contributed by atoms with Crippen molar-refractivity contribution in [1.82, 2.24) is 10.2 Å². The van der Waals surface area contributed by atoms with Gasteiger partial charge < -0.3 is 10.2 Å². The van der Waals surface area contributed by atoms with Crippen LogP contribution in [-0.2, 0) is 4.79 Å². The van der Waals surface area contributed by atoms with Crippen molar-refractivity contribution in [2.45, 2.75) is 25.8 Å². The number of piperidine rings is 1. The molecule has 0 unspecified atom stereocenters. The minimum Gasteiger partial charge on any atom is -0.342 e. The first kappa shape index (κ1) is 8.53. The lowest BCUT2D eigenvalue weighted by Crippen LogP contribution is -2.45. The van der Waals surface area contributed by atoms with Crippen LogP contribution in [0.25, 0.3) is 0 Å². The Morgan fingerprint density at radius 2 is 2.36 bits per heavy atom. The van der Waals surface area contributed by atoms with Gasteiger partial charge in [0.2, 0.25) is 5.91 Å². The van der Waals surface area contributed by atoms with Gasteiger partial charge in [-0.3, -0.25) is 4.79 Å². The molecule has 1 N–H and O–H groups in total. The van der Waals surface area contributed by atoms with Crippen molar-refractivity contribution < 1.29 is 4.79 Å². The van der Waals surface area contributed by atoms with Crippen LogP contribution in [-0.4, -0.2) is 37.0 Å². The van der Waals surface area contributed by atoms with Crippen LogP contribution in [0.2, 0.25) is 0 Å². The average molecular weight is 156 g/mol. The molecule has 3 nitrogen and oxygen atoms in total. The molecule has 0 saturated carbocycles. The topological polar surface area (TPSA) is 32.3 Å². The number of likely N-dealkylation sites (N-methyl/N-ethyl adjacent to an activating group) is 1. The normalized spacial score (nSPS) is 24.7. The molecular weight excluding hydrogens is 140 g/mol. The zero-order valence-corrected chi connectivity index (χ0v) is 7.26. The molecule has 1 heterocycles. The summed E-state index contributed by atoms with van der Waals surface area (Å²) in [5, 5.41) is 3.28. The van der Waals surface area contributed by atoms with Gasteiger partial charge >= 0.3 is 0 Å². The molecule has 0 bridgehead atoms. The predicted molar refractivity (Wildman–Crippen MR) is 44.3 cm³/mol. The van der Waals surface area contributed by atoms with Crippen LogP contribution >= 0.6 is 0 Å². The summed E-state index contributed by atoms with van der Waals surface area (Å²) in [5.74, 6) is 0.165. The van der Waals surface area contributed by atoms with Crippen LogP contribution in [0.4, 0.5) is 0 Å². The molecule has 1 rings (SSSR count). The Hall–Kier alpha value is -0.570. The number of nitrogens with one attached hydrogen (secondary N) is 1. The first-order valence-electron chi connectivity index (χ1n) is 4.16. The minimum absolute atomic E-state index is 0.165. The van der Waals surface area contributed by atoms with Crippen LogP contribution in [0.1, 0.15) is 19.8 Å². The molecule has 1 saturated heterocycles. The van der Waals surface area contributed by atoms with Gasteiger partial charge in [0.05, 0.1) is 0 Å². The van der Waals surface area contributed by atoms with Crippen molar-refractivity contribution in [2.24, 2.45) is 0 Å². The molecule has 0 spiro atoms. The van der Waals surface area contributed by atoms with Crippen LogP contribution in [0.5, 0.6) is 0 Å². The van der Waals surface area contributed by atoms with Gasteiger partial charge in [0.15, 0.2) is 0 Å². The number of hydrogen-bond donors (Lipinski definition) is 1. The largest absolute Gasteiger partial charge is 0.342 e. The standard InChI is InChI=1S/C8H16N2O/c1-7(11)10(2)8-4-3-5-9-6-8/h8-9H,3-6H2,1-2H3/t8-/m0/s1. The molecule has 1 fully saturated rings. The molecule has 1 atom stereocenters. The highest BCUT2D eigenvalue weighted by Gasteiger charge is 2.18.